The zero-order chi connectivity index (χ0) is 15.4. The van der Waals surface area contributed by atoms with Gasteiger partial charge in [-0.2, -0.15) is 0 Å². The van der Waals surface area contributed by atoms with Crippen LogP contribution in [0.1, 0.15) is 29.6 Å². The van der Waals surface area contributed by atoms with Gasteiger partial charge in [-0.25, -0.2) is 0 Å². The van der Waals surface area contributed by atoms with E-state index in [0.29, 0.717) is 29.9 Å². The van der Waals surface area contributed by atoms with Crippen molar-refractivity contribution < 1.29 is 24.2 Å². The lowest BCUT2D eigenvalue weighted by Crippen LogP contribution is -2.40. The molecule has 2 unspecified atom stereocenters. The first-order chi connectivity index (χ1) is 10.1. The molecular formula is C15H19NO5. The van der Waals surface area contributed by atoms with Gasteiger partial charge in [-0.1, -0.05) is 12.5 Å². The number of ether oxygens (including phenoxy) is 2. The van der Waals surface area contributed by atoms with Gasteiger partial charge in [0.05, 0.1) is 20.1 Å². The van der Waals surface area contributed by atoms with Crippen molar-refractivity contribution in [2.75, 3.05) is 14.2 Å². The van der Waals surface area contributed by atoms with Crippen LogP contribution in [0.2, 0.25) is 0 Å². The molecule has 1 saturated carbocycles. The van der Waals surface area contributed by atoms with Gasteiger partial charge >= 0.3 is 5.97 Å². The number of carboxylic acids is 1. The van der Waals surface area contributed by atoms with E-state index >= 15 is 0 Å². The molecule has 0 spiro atoms. The lowest BCUT2D eigenvalue weighted by molar-refractivity contribution is -0.142. The number of methoxy groups -OCH3 is 2. The van der Waals surface area contributed by atoms with Gasteiger partial charge in [0.2, 0.25) is 0 Å². The smallest absolute Gasteiger partial charge is 0.308 e. The third-order valence-corrected chi connectivity index (χ3v) is 3.80. The van der Waals surface area contributed by atoms with Crippen molar-refractivity contribution in [1.29, 1.82) is 0 Å². The molecular weight excluding hydrogens is 274 g/mol. The van der Waals surface area contributed by atoms with Crippen LogP contribution >= 0.6 is 0 Å². The maximum atomic E-state index is 12.5. The lowest BCUT2D eigenvalue weighted by atomic mass is 10.0. The van der Waals surface area contributed by atoms with Gasteiger partial charge in [0.15, 0.2) is 0 Å². The SMILES string of the molecule is COc1cccc(OC)c1C(=O)NC1CCCC1C(=O)O. The van der Waals surface area contributed by atoms with E-state index in [1.807, 2.05) is 0 Å². The normalized spacial score (nSPS) is 20.9. The van der Waals surface area contributed by atoms with Crippen molar-refractivity contribution in [1.82, 2.24) is 5.32 Å². The zero-order valence-corrected chi connectivity index (χ0v) is 12.1. The Bertz CT molecular complexity index is 521. The summed E-state index contributed by atoms with van der Waals surface area (Å²) >= 11 is 0. The van der Waals surface area contributed by atoms with Crippen LogP contribution < -0.4 is 14.8 Å². The number of hydrogen-bond donors (Lipinski definition) is 2. The second-order valence-electron chi connectivity index (χ2n) is 4.99. The predicted octanol–water partition coefficient (Wildman–Crippen LogP) is 1.69. The molecule has 1 amide bonds. The monoisotopic (exact) mass is 293 g/mol. The Morgan fingerprint density at radius 2 is 1.81 bits per heavy atom. The molecule has 0 saturated heterocycles. The van der Waals surface area contributed by atoms with Crippen molar-refractivity contribution in [2.24, 2.45) is 5.92 Å². The van der Waals surface area contributed by atoms with E-state index in [1.54, 1.807) is 18.2 Å². The Morgan fingerprint density at radius 3 is 2.33 bits per heavy atom. The molecule has 0 radical (unpaired) electrons. The molecule has 114 valence electrons. The first-order valence-corrected chi connectivity index (χ1v) is 6.83. The molecule has 2 N–H and O–H groups in total. The minimum absolute atomic E-state index is 0.290. The number of carbonyl (C=O) groups is 2. The van der Waals surface area contributed by atoms with E-state index in [-0.39, 0.29) is 11.9 Å². The second-order valence-corrected chi connectivity index (χ2v) is 4.99. The average molecular weight is 293 g/mol. The maximum absolute atomic E-state index is 12.5. The number of carboxylic acid groups (broad SMARTS) is 1. The summed E-state index contributed by atoms with van der Waals surface area (Å²) in [5.41, 5.74) is 0.290. The molecule has 0 aromatic heterocycles. The molecule has 21 heavy (non-hydrogen) atoms. The first kappa shape index (κ1) is 15.2. The van der Waals surface area contributed by atoms with Gasteiger partial charge in [0, 0.05) is 6.04 Å². The fourth-order valence-electron chi connectivity index (χ4n) is 2.74. The topological polar surface area (TPSA) is 84.9 Å². The summed E-state index contributed by atoms with van der Waals surface area (Å²) in [6.45, 7) is 0. The predicted molar refractivity (Wildman–Crippen MR) is 75.8 cm³/mol. The van der Waals surface area contributed by atoms with E-state index in [0.717, 1.165) is 6.42 Å². The summed E-state index contributed by atoms with van der Waals surface area (Å²) in [4.78, 5) is 23.6. The highest BCUT2D eigenvalue weighted by atomic mass is 16.5. The summed E-state index contributed by atoms with van der Waals surface area (Å²) in [6, 6.07) is 4.70. The van der Waals surface area contributed by atoms with Crippen LogP contribution in [0.5, 0.6) is 11.5 Å². The standard InChI is InChI=1S/C15H19NO5/c1-20-11-7-4-8-12(21-2)13(11)14(17)16-10-6-3-5-9(10)15(18)19/h4,7-10H,3,5-6H2,1-2H3,(H,16,17)(H,18,19). The first-order valence-electron chi connectivity index (χ1n) is 6.83. The van der Waals surface area contributed by atoms with Gasteiger partial charge in [0.25, 0.3) is 5.91 Å². The van der Waals surface area contributed by atoms with E-state index in [9.17, 15) is 9.59 Å². The Morgan fingerprint density at radius 1 is 1.19 bits per heavy atom. The van der Waals surface area contributed by atoms with Crippen molar-refractivity contribution in [3.63, 3.8) is 0 Å². The van der Waals surface area contributed by atoms with Crippen LogP contribution in [-0.4, -0.2) is 37.2 Å². The lowest BCUT2D eigenvalue weighted by Gasteiger charge is -2.19. The summed E-state index contributed by atoms with van der Waals surface area (Å²) in [5, 5.41) is 12.0. The number of aliphatic carboxylic acids is 1. The summed E-state index contributed by atoms with van der Waals surface area (Å²) in [7, 11) is 2.95. The summed E-state index contributed by atoms with van der Waals surface area (Å²) < 4.78 is 10.4. The van der Waals surface area contributed by atoms with Gasteiger partial charge in [-0.3, -0.25) is 9.59 Å². The fourth-order valence-corrected chi connectivity index (χ4v) is 2.74. The molecule has 0 bridgehead atoms. The summed E-state index contributed by atoms with van der Waals surface area (Å²) in [5.74, 6) is -0.977. The van der Waals surface area contributed by atoms with E-state index < -0.39 is 11.9 Å². The van der Waals surface area contributed by atoms with Crippen molar-refractivity contribution in [2.45, 2.75) is 25.3 Å². The minimum atomic E-state index is -0.871. The van der Waals surface area contributed by atoms with Gasteiger partial charge < -0.3 is 19.9 Å². The highest BCUT2D eigenvalue weighted by Crippen LogP contribution is 2.30. The molecule has 1 aromatic rings. The molecule has 1 aliphatic rings. The molecule has 1 aliphatic carbocycles. The number of nitrogens with one attached hydrogen (secondary N) is 1. The number of rotatable bonds is 5. The molecule has 1 fully saturated rings. The fraction of sp³-hybridized carbons (Fsp3) is 0.467. The molecule has 2 rings (SSSR count). The van der Waals surface area contributed by atoms with Gasteiger partial charge in [-0.05, 0) is 25.0 Å². The molecule has 0 aliphatic heterocycles. The third kappa shape index (κ3) is 3.09. The Balaban J connectivity index is 2.22. The molecule has 2 atom stereocenters. The van der Waals surface area contributed by atoms with E-state index in [2.05, 4.69) is 5.32 Å². The van der Waals surface area contributed by atoms with Crippen LogP contribution in [0, 0.1) is 5.92 Å². The van der Waals surface area contributed by atoms with Crippen LogP contribution in [-0.2, 0) is 4.79 Å². The summed E-state index contributed by atoms with van der Waals surface area (Å²) in [6.07, 6.45) is 2.05. The molecule has 6 heteroatoms. The van der Waals surface area contributed by atoms with Crippen molar-refractivity contribution >= 4 is 11.9 Å². The highest BCUT2D eigenvalue weighted by Gasteiger charge is 2.34. The molecule has 0 heterocycles. The minimum Gasteiger partial charge on any atom is -0.496 e. The number of hydrogen-bond acceptors (Lipinski definition) is 4. The largest absolute Gasteiger partial charge is 0.496 e. The zero-order valence-electron chi connectivity index (χ0n) is 12.1. The van der Waals surface area contributed by atoms with Crippen LogP contribution in [0.3, 0.4) is 0 Å². The average Bonchev–Trinajstić information content (AvgIpc) is 2.94. The molecule has 1 aromatic carbocycles. The number of amides is 1. The van der Waals surface area contributed by atoms with E-state index in [1.165, 1.54) is 14.2 Å². The van der Waals surface area contributed by atoms with Gasteiger partial charge in [0.1, 0.15) is 17.1 Å². The van der Waals surface area contributed by atoms with Crippen LogP contribution in [0.25, 0.3) is 0 Å². The van der Waals surface area contributed by atoms with Gasteiger partial charge in [-0.15, -0.1) is 0 Å². The van der Waals surface area contributed by atoms with E-state index in [4.69, 9.17) is 14.6 Å². The third-order valence-electron chi connectivity index (χ3n) is 3.80. The Hall–Kier alpha value is -2.24. The second kappa shape index (κ2) is 6.47. The number of carbonyl (C=O) groups excluding carboxylic acids is 1. The van der Waals surface area contributed by atoms with Crippen LogP contribution in [0.15, 0.2) is 18.2 Å². The number of benzene rings is 1. The maximum Gasteiger partial charge on any atom is 0.308 e. The van der Waals surface area contributed by atoms with Crippen molar-refractivity contribution in [3.8, 4) is 11.5 Å². The Labute approximate surface area is 123 Å². The van der Waals surface area contributed by atoms with Crippen LogP contribution in [0.4, 0.5) is 0 Å². The molecule has 6 nitrogen and oxygen atoms in total. The quantitative estimate of drug-likeness (QED) is 0.863. The Kier molecular flexibility index (Phi) is 4.67. The highest BCUT2D eigenvalue weighted by molar-refractivity contribution is 6.00. The van der Waals surface area contributed by atoms with Crippen molar-refractivity contribution in [3.05, 3.63) is 23.8 Å².